The van der Waals surface area contributed by atoms with Crippen LogP contribution in [-0.2, 0) is 9.53 Å². The van der Waals surface area contributed by atoms with Gasteiger partial charge in [-0.1, -0.05) is 12.1 Å². The van der Waals surface area contributed by atoms with Crippen LogP contribution in [-0.4, -0.2) is 42.9 Å². The molecule has 2 N–H and O–H groups in total. The quantitative estimate of drug-likeness (QED) is 0.514. The maximum absolute atomic E-state index is 12.0. The van der Waals surface area contributed by atoms with Crippen LogP contribution >= 0.6 is 11.8 Å². The molecule has 0 aliphatic carbocycles. The number of nitrogens with two attached hydrogens (primary N) is 1. The van der Waals surface area contributed by atoms with Crippen molar-refractivity contribution in [3.8, 4) is 0 Å². The topological polar surface area (TPSA) is 55.6 Å². The Kier molecular flexibility index (Phi) is 5.73. The number of nitrogen functional groups attached to an aromatic ring is 1. The van der Waals surface area contributed by atoms with Crippen molar-refractivity contribution in [2.24, 2.45) is 0 Å². The van der Waals surface area contributed by atoms with Crippen LogP contribution in [0.5, 0.6) is 0 Å². The van der Waals surface area contributed by atoms with Gasteiger partial charge in [0.25, 0.3) is 0 Å². The molecular formula is C15H22N2O2S. The summed E-state index contributed by atoms with van der Waals surface area (Å²) >= 11 is 1.73. The van der Waals surface area contributed by atoms with Gasteiger partial charge in [0.05, 0.1) is 13.2 Å². The number of hydrogen-bond acceptors (Lipinski definition) is 4. The molecule has 4 nitrogen and oxygen atoms in total. The van der Waals surface area contributed by atoms with Crippen LogP contribution in [0.25, 0.3) is 0 Å². The third-order valence-electron chi connectivity index (χ3n) is 3.44. The second-order valence-electron chi connectivity index (χ2n) is 4.93. The first-order valence-electron chi connectivity index (χ1n) is 7.02. The number of anilines is 1. The molecule has 1 aliphatic rings. The lowest BCUT2D eigenvalue weighted by atomic mass is 10.2. The Labute approximate surface area is 124 Å². The van der Waals surface area contributed by atoms with Crippen molar-refractivity contribution in [3.05, 3.63) is 23.8 Å². The van der Waals surface area contributed by atoms with E-state index in [0.29, 0.717) is 19.6 Å². The highest BCUT2D eigenvalue weighted by molar-refractivity contribution is 7.99. The summed E-state index contributed by atoms with van der Waals surface area (Å²) in [6.45, 7) is 4.82. The van der Waals surface area contributed by atoms with E-state index in [1.165, 1.54) is 0 Å². The number of hydrogen-bond donors (Lipinski definition) is 1. The van der Waals surface area contributed by atoms with Gasteiger partial charge in [0.1, 0.15) is 0 Å². The molecule has 0 unspecified atom stereocenters. The van der Waals surface area contributed by atoms with Crippen LogP contribution in [0.4, 0.5) is 5.69 Å². The molecule has 5 heteroatoms. The number of thioether (sulfide) groups is 1. The third-order valence-corrected chi connectivity index (χ3v) is 4.60. The van der Waals surface area contributed by atoms with Crippen LogP contribution in [0, 0.1) is 6.92 Å². The molecule has 1 aromatic rings. The Balaban J connectivity index is 1.70. The second-order valence-corrected chi connectivity index (χ2v) is 6.07. The third kappa shape index (κ3) is 4.15. The first kappa shape index (κ1) is 15.2. The lowest BCUT2D eigenvalue weighted by molar-refractivity contribution is -0.135. The lowest BCUT2D eigenvalue weighted by Crippen LogP contribution is -2.40. The van der Waals surface area contributed by atoms with E-state index < -0.39 is 0 Å². The number of benzene rings is 1. The number of carbonyl (C=O) groups is 1. The Morgan fingerprint density at radius 3 is 2.90 bits per heavy atom. The Bertz CT molecular complexity index is 459. The maximum Gasteiger partial charge on any atom is 0.222 e. The largest absolute Gasteiger partial charge is 0.398 e. The molecule has 1 aliphatic heterocycles. The average Bonchev–Trinajstić information content (AvgIpc) is 2.48. The molecule has 0 radical (unpaired) electrons. The minimum Gasteiger partial charge on any atom is -0.398 e. The van der Waals surface area contributed by atoms with Crippen molar-refractivity contribution in [2.45, 2.75) is 24.7 Å². The number of carbonyl (C=O) groups excluding carboxylic acids is 1. The lowest BCUT2D eigenvalue weighted by Gasteiger charge is -2.26. The first-order valence-corrected chi connectivity index (χ1v) is 8.00. The summed E-state index contributed by atoms with van der Waals surface area (Å²) < 4.78 is 5.25. The average molecular weight is 294 g/mol. The van der Waals surface area contributed by atoms with E-state index in [4.69, 9.17) is 10.5 Å². The molecular weight excluding hydrogens is 272 g/mol. The minimum absolute atomic E-state index is 0.242. The predicted octanol–water partition coefficient (Wildman–Crippen LogP) is 2.31. The van der Waals surface area contributed by atoms with Crippen LogP contribution in [0.1, 0.15) is 18.4 Å². The fourth-order valence-corrected chi connectivity index (χ4v) is 3.16. The first-order chi connectivity index (χ1) is 9.68. The van der Waals surface area contributed by atoms with Gasteiger partial charge in [-0.25, -0.2) is 0 Å². The molecule has 1 amide bonds. The molecule has 1 fully saturated rings. The number of ether oxygens (including phenoxy) is 1. The van der Waals surface area contributed by atoms with Gasteiger partial charge < -0.3 is 15.4 Å². The van der Waals surface area contributed by atoms with Crippen LogP contribution in [0.15, 0.2) is 23.1 Å². The fraction of sp³-hybridized carbons (Fsp3) is 0.533. The minimum atomic E-state index is 0.242. The highest BCUT2D eigenvalue weighted by Crippen LogP contribution is 2.28. The van der Waals surface area contributed by atoms with Gasteiger partial charge >= 0.3 is 0 Å². The van der Waals surface area contributed by atoms with Crippen molar-refractivity contribution in [1.82, 2.24) is 4.90 Å². The molecule has 20 heavy (non-hydrogen) atoms. The van der Waals surface area contributed by atoms with E-state index in [2.05, 4.69) is 0 Å². The van der Waals surface area contributed by atoms with Gasteiger partial charge in [-0.3, -0.25) is 4.79 Å². The van der Waals surface area contributed by atoms with E-state index >= 15 is 0 Å². The summed E-state index contributed by atoms with van der Waals surface area (Å²) in [6.07, 6.45) is 1.49. The zero-order valence-corrected chi connectivity index (χ0v) is 12.7. The van der Waals surface area contributed by atoms with Crippen molar-refractivity contribution < 1.29 is 9.53 Å². The van der Waals surface area contributed by atoms with Gasteiger partial charge in [0.15, 0.2) is 0 Å². The summed E-state index contributed by atoms with van der Waals surface area (Å²) in [4.78, 5) is 15.0. The number of nitrogens with zero attached hydrogens (tertiary/aromatic N) is 1. The molecule has 2 rings (SSSR count). The number of aryl methyl sites for hydroxylation is 1. The summed E-state index contributed by atoms with van der Waals surface area (Å²) in [5.41, 5.74) is 8.00. The van der Waals surface area contributed by atoms with E-state index in [1.807, 2.05) is 30.0 Å². The van der Waals surface area contributed by atoms with Crippen LogP contribution in [0.2, 0.25) is 0 Å². The molecule has 1 heterocycles. The highest BCUT2D eigenvalue weighted by atomic mass is 32.2. The van der Waals surface area contributed by atoms with E-state index in [-0.39, 0.29) is 5.91 Å². The molecule has 0 aromatic heterocycles. The normalized spacial score (nSPS) is 15.3. The van der Waals surface area contributed by atoms with E-state index in [0.717, 1.165) is 41.4 Å². The summed E-state index contributed by atoms with van der Waals surface area (Å²) in [7, 11) is 0. The van der Waals surface area contributed by atoms with Crippen molar-refractivity contribution in [3.63, 3.8) is 0 Å². The Morgan fingerprint density at radius 1 is 1.40 bits per heavy atom. The van der Waals surface area contributed by atoms with Crippen molar-refractivity contribution >= 4 is 23.4 Å². The van der Waals surface area contributed by atoms with E-state index in [9.17, 15) is 4.79 Å². The number of rotatable bonds is 5. The predicted molar refractivity (Wildman–Crippen MR) is 82.9 cm³/mol. The van der Waals surface area contributed by atoms with E-state index in [1.54, 1.807) is 11.8 Å². The van der Waals surface area contributed by atoms with Crippen LogP contribution < -0.4 is 5.73 Å². The highest BCUT2D eigenvalue weighted by Gasteiger charge is 2.16. The molecule has 0 spiro atoms. The molecule has 1 aromatic carbocycles. The van der Waals surface area contributed by atoms with Gasteiger partial charge in [-0.2, -0.15) is 0 Å². The molecule has 110 valence electrons. The monoisotopic (exact) mass is 294 g/mol. The zero-order chi connectivity index (χ0) is 14.4. The molecule has 0 saturated carbocycles. The standard InChI is InChI=1S/C15H22N2O2S/c1-12-4-2-5-13(15(12)16)20-11-3-6-14(18)17-7-9-19-10-8-17/h2,4-5H,3,6-11,16H2,1H3. The molecule has 1 saturated heterocycles. The molecule has 0 bridgehead atoms. The number of amides is 1. The summed E-state index contributed by atoms with van der Waals surface area (Å²) in [6, 6.07) is 6.07. The summed E-state index contributed by atoms with van der Waals surface area (Å²) in [5, 5.41) is 0. The Hall–Kier alpha value is -1.20. The SMILES string of the molecule is Cc1cccc(SCCCC(=O)N2CCOCC2)c1N. The maximum atomic E-state index is 12.0. The smallest absolute Gasteiger partial charge is 0.222 e. The fourth-order valence-electron chi connectivity index (χ4n) is 2.16. The van der Waals surface area contributed by atoms with Crippen LogP contribution in [0.3, 0.4) is 0 Å². The Morgan fingerprint density at radius 2 is 2.15 bits per heavy atom. The summed E-state index contributed by atoms with van der Waals surface area (Å²) in [5.74, 6) is 1.16. The molecule has 0 atom stereocenters. The zero-order valence-electron chi connectivity index (χ0n) is 11.9. The van der Waals surface area contributed by atoms with Crippen molar-refractivity contribution in [2.75, 3.05) is 37.8 Å². The number of para-hydroxylation sites is 1. The van der Waals surface area contributed by atoms with Crippen molar-refractivity contribution in [1.29, 1.82) is 0 Å². The second kappa shape index (κ2) is 7.55. The van der Waals surface area contributed by atoms with Gasteiger partial charge in [-0.15, -0.1) is 11.8 Å². The van der Waals surface area contributed by atoms with Gasteiger partial charge in [-0.05, 0) is 30.7 Å². The number of morpholine rings is 1. The van der Waals surface area contributed by atoms with Gasteiger partial charge in [0, 0.05) is 30.1 Å². The van der Waals surface area contributed by atoms with Gasteiger partial charge in [0.2, 0.25) is 5.91 Å².